The summed E-state index contributed by atoms with van der Waals surface area (Å²) >= 11 is 3.16. The minimum absolute atomic E-state index is 0.403. The number of nitrogens with one attached hydrogen (secondary N) is 1. The van der Waals surface area contributed by atoms with Gasteiger partial charge < -0.3 is 10.1 Å². The summed E-state index contributed by atoms with van der Waals surface area (Å²) in [7, 11) is 3.47. The number of ether oxygens (including phenoxy) is 1. The zero-order valence-electron chi connectivity index (χ0n) is 10.4. The molecule has 0 atom stereocenters. The number of rotatable bonds is 5. The molecule has 2 heterocycles. The quantitative estimate of drug-likeness (QED) is 0.851. The molecule has 2 aromatic heterocycles. The van der Waals surface area contributed by atoms with E-state index in [0.717, 1.165) is 20.9 Å². The average Bonchev–Trinajstić information content (AvgIpc) is 2.75. The van der Waals surface area contributed by atoms with Crippen molar-refractivity contribution in [3.05, 3.63) is 23.0 Å². The van der Waals surface area contributed by atoms with E-state index in [4.69, 9.17) is 4.74 Å². The Kier molecular flexibility index (Phi) is 4.51. The molecule has 5 nitrogen and oxygen atoms in total. The summed E-state index contributed by atoms with van der Waals surface area (Å²) in [5.41, 5.74) is 1.03. The molecule has 0 fully saturated rings. The topological polar surface area (TPSA) is 59.9 Å². The zero-order chi connectivity index (χ0) is 13.0. The fraction of sp³-hybridized carbons (Fsp3) is 0.364. The summed E-state index contributed by atoms with van der Waals surface area (Å²) in [5, 5.41) is 5.92. The highest BCUT2D eigenvalue weighted by Crippen LogP contribution is 2.29. The van der Waals surface area contributed by atoms with Gasteiger partial charge in [0.1, 0.15) is 17.5 Å². The van der Waals surface area contributed by atoms with E-state index in [-0.39, 0.29) is 0 Å². The van der Waals surface area contributed by atoms with Gasteiger partial charge in [-0.3, -0.25) is 0 Å². The molecule has 0 bridgehead atoms. The van der Waals surface area contributed by atoms with E-state index in [1.165, 1.54) is 11.8 Å². The molecule has 0 amide bonds. The first-order valence-electron chi connectivity index (χ1n) is 5.36. The lowest BCUT2D eigenvalue weighted by Gasteiger charge is -2.05. The van der Waals surface area contributed by atoms with Crippen molar-refractivity contribution < 1.29 is 4.74 Å². The van der Waals surface area contributed by atoms with Gasteiger partial charge in [0.15, 0.2) is 10.2 Å². The van der Waals surface area contributed by atoms with Gasteiger partial charge in [0.05, 0.1) is 0 Å². The van der Waals surface area contributed by atoms with Crippen molar-refractivity contribution >= 4 is 28.9 Å². The van der Waals surface area contributed by atoms with Crippen LogP contribution in [-0.2, 0) is 11.3 Å². The molecule has 0 saturated carbocycles. The summed E-state index contributed by atoms with van der Waals surface area (Å²) in [5.74, 6) is 1.45. The Labute approximate surface area is 114 Å². The molecule has 0 aromatic carbocycles. The molecule has 96 valence electrons. The smallest absolute Gasteiger partial charge is 0.157 e. The second kappa shape index (κ2) is 6.12. The molecule has 0 spiro atoms. The molecule has 0 aliphatic rings. The highest BCUT2D eigenvalue weighted by Gasteiger charge is 2.07. The molecule has 0 radical (unpaired) electrons. The lowest BCUT2D eigenvalue weighted by atomic mass is 10.5. The molecular weight excluding hydrogens is 268 g/mol. The zero-order valence-corrected chi connectivity index (χ0v) is 12.1. The highest BCUT2D eigenvalue weighted by molar-refractivity contribution is 8.01. The Balaban J connectivity index is 2.23. The van der Waals surface area contributed by atoms with E-state index < -0.39 is 0 Å². The van der Waals surface area contributed by atoms with Crippen LogP contribution in [-0.4, -0.2) is 29.1 Å². The van der Waals surface area contributed by atoms with Crippen molar-refractivity contribution in [2.24, 2.45) is 0 Å². The van der Waals surface area contributed by atoms with E-state index in [1.54, 1.807) is 18.4 Å². The van der Waals surface area contributed by atoms with Crippen molar-refractivity contribution in [3.63, 3.8) is 0 Å². The SMILES string of the molecule is CNc1cc(Sc2nc(C)cs2)nc(COC)n1. The first-order valence-corrected chi connectivity index (χ1v) is 7.05. The van der Waals surface area contributed by atoms with Gasteiger partial charge >= 0.3 is 0 Å². The van der Waals surface area contributed by atoms with Gasteiger partial charge in [0.2, 0.25) is 0 Å². The van der Waals surface area contributed by atoms with E-state index in [1.807, 2.05) is 25.4 Å². The molecule has 7 heteroatoms. The van der Waals surface area contributed by atoms with Crippen LogP contribution < -0.4 is 5.32 Å². The number of aromatic nitrogens is 3. The van der Waals surface area contributed by atoms with Crippen LogP contribution in [0.25, 0.3) is 0 Å². The van der Waals surface area contributed by atoms with Gasteiger partial charge in [-0.25, -0.2) is 15.0 Å². The second-order valence-electron chi connectivity index (χ2n) is 3.55. The third-order valence-electron chi connectivity index (χ3n) is 2.07. The number of anilines is 1. The lowest BCUT2D eigenvalue weighted by Crippen LogP contribution is -2.02. The van der Waals surface area contributed by atoms with Gasteiger partial charge in [0.25, 0.3) is 0 Å². The van der Waals surface area contributed by atoms with Crippen LogP contribution in [0.5, 0.6) is 0 Å². The Hall–Kier alpha value is -1.18. The number of thiazole rings is 1. The molecule has 2 aromatic rings. The minimum Gasteiger partial charge on any atom is -0.377 e. The predicted octanol–water partition coefficient (Wildman–Crippen LogP) is 2.58. The maximum atomic E-state index is 5.06. The standard InChI is InChI=1S/C11H14N4OS2/c1-7-6-17-11(13-7)18-10-4-8(12-2)14-9(15-10)5-16-3/h4,6H,5H2,1-3H3,(H,12,14,15). The van der Waals surface area contributed by atoms with Crippen LogP contribution in [0.3, 0.4) is 0 Å². The third kappa shape index (κ3) is 3.41. The number of hydrogen-bond donors (Lipinski definition) is 1. The molecule has 0 saturated heterocycles. The number of aryl methyl sites for hydroxylation is 1. The van der Waals surface area contributed by atoms with Crippen molar-refractivity contribution in [1.29, 1.82) is 0 Å². The average molecular weight is 282 g/mol. The second-order valence-corrected chi connectivity index (χ2v) is 5.67. The maximum absolute atomic E-state index is 5.06. The Bertz CT molecular complexity index is 530. The van der Waals surface area contributed by atoms with Gasteiger partial charge in [-0.05, 0) is 18.7 Å². The van der Waals surface area contributed by atoms with Crippen molar-refractivity contribution in [2.45, 2.75) is 22.9 Å². The fourth-order valence-electron chi connectivity index (χ4n) is 1.32. The maximum Gasteiger partial charge on any atom is 0.157 e. The van der Waals surface area contributed by atoms with Crippen molar-refractivity contribution in [1.82, 2.24) is 15.0 Å². The van der Waals surface area contributed by atoms with E-state index in [2.05, 4.69) is 20.3 Å². The normalized spacial score (nSPS) is 10.6. The highest BCUT2D eigenvalue weighted by atomic mass is 32.2. The predicted molar refractivity (Wildman–Crippen MR) is 73.3 cm³/mol. The molecular formula is C11H14N4OS2. The lowest BCUT2D eigenvalue weighted by molar-refractivity contribution is 0.177. The van der Waals surface area contributed by atoms with E-state index >= 15 is 0 Å². The molecule has 0 aliphatic heterocycles. The van der Waals surface area contributed by atoms with Gasteiger partial charge in [-0.2, -0.15) is 0 Å². The Morgan fingerprint density at radius 2 is 2.22 bits per heavy atom. The number of hydrogen-bond acceptors (Lipinski definition) is 7. The van der Waals surface area contributed by atoms with Crippen LogP contribution >= 0.6 is 23.1 Å². The summed E-state index contributed by atoms with van der Waals surface area (Å²) in [6, 6.07) is 1.90. The molecule has 18 heavy (non-hydrogen) atoms. The number of nitrogens with zero attached hydrogens (tertiary/aromatic N) is 3. The summed E-state index contributed by atoms with van der Waals surface area (Å²) < 4.78 is 6.04. The fourth-order valence-corrected chi connectivity index (χ4v) is 3.12. The molecule has 1 N–H and O–H groups in total. The van der Waals surface area contributed by atoms with Gasteiger partial charge in [-0.15, -0.1) is 11.3 Å². The molecule has 0 unspecified atom stereocenters. The summed E-state index contributed by atoms with van der Waals surface area (Å²) in [6.45, 7) is 2.38. The van der Waals surface area contributed by atoms with Crippen LogP contribution in [0.4, 0.5) is 5.82 Å². The van der Waals surface area contributed by atoms with Gasteiger partial charge in [0, 0.05) is 31.3 Å². The van der Waals surface area contributed by atoms with Gasteiger partial charge in [-0.1, -0.05) is 0 Å². The van der Waals surface area contributed by atoms with E-state index in [9.17, 15) is 0 Å². The Morgan fingerprint density at radius 1 is 1.39 bits per heavy atom. The molecule has 2 rings (SSSR count). The number of methoxy groups -OCH3 is 1. The minimum atomic E-state index is 0.403. The van der Waals surface area contributed by atoms with Crippen molar-refractivity contribution in [2.75, 3.05) is 19.5 Å². The van der Waals surface area contributed by atoms with E-state index in [0.29, 0.717) is 12.4 Å². The third-order valence-corrected chi connectivity index (χ3v) is 4.04. The van der Waals surface area contributed by atoms with Crippen molar-refractivity contribution in [3.8, 4) is 0 Å². The first kappa shape index (κ1) is 13.3. The van der Waals surface area contributed by atoms with Crippen LogP contribution in [0.1, 0.15) is 11.5 Å². The summed E-state index contributed by atoms with van der Waals surface area (Å²) in [6.07, 6.45) is 0. The molecule has 0 aliphatic carbocycles. The Morgan fingerprint density at radius 3 is 2.83 bits per heavy atom. The largest absolute Gasteiger partial charge is 0.377 e. The van der Waals surface area contributed by atoms with Crippen LogP contribution in [0, 0.1) is 6.92 Å². The first-order chi connectivity index (χ1) is 8.71. The monoisotopic (exact) mass is 282 g/mol. The summed E-state index contributed by atoms with van der Waals surface area (Å²) in [4.78, 5) is 13.1. The van der Waals surface area contributed by atoms with Crippen LogP contribution in [0.15, 0.2) is 20.8 Å². The van der Waals surface area contributed by atoms with Crippen LogP contribution in [0.2, 0.25) is 0 Å².